The number of carbonyl (C=O) groups excluding carboxylic acids is 2. The summed E-state index contributed by atoms with van der Waals surface area (Å²) >= 11 is 6.48. The van der Waals surface area contributed by atoms with Crippen molar-refractivity contribution in [3.8, 4) is 0 Å². The number of carboxylic acid groups (broad SMARTS) is 1. The van der Waals surface area contributed by atoms with Gasteiger partial charge in [-0.15, -0.1) is 0 Å². The van der Waals surface area contributed by atoms with Gasteiger partial charge in [0, 0.05) is 31.3 Å². The number of carboxylic acids is 1. The number of aryl methyl sites for hydroxylation is 1. The highest BCUT2D eigenvalue weighted by atomic mass is 35.5. The van der Waals surface area contributed by atoms with Gasteiger partial charge in [0.2, 0.25) is 5.91 Å². The van der Waals surface area contributed by atoms with Gasteiger partial charge in [0.15, 0.2) is 0 Å². The van der Waals surface area contributed by atoms with Crippen molar-refractivity contribution >= 4 is 46.0 Å². The first-order valence-corrected chi connectivity index (χ1v) is 15.0. The van der Waals surface area contributed by atoms with E-state index in [1.165, 1.54) is 6.07 Å². The van der Waals surface area contributed by atoms with Crippen LogP contribution in [0, 0.1) is 11.7 Å². The van der Waals surface area contributed by atoms with E-state index in [-0.39, 0.29) is 52.7 Å². The second kappa shape index (κ2) is 13.4. The monoisotopic (exact) mass is 613 g/mol. The van der Waals surface area contributed by atoms with Crippen LogP contribution in [0.3, 0.4) is 0 Å². The predicted octanol–water partition coefficient (Wildman–Crippen LogP) is 5.43. The Morgan fingerprint density at radius 2 is 1.74 bits per heavy atom. The molecule has 9 nitrogen and oxygen atoms in total. The van der Waals surface area contributed by atoms with Gasteiger partial charge in [-0.05, 0) is 62.3 Å². The molecule has 0 bridgehead atoms. The molecule has 0 unspecified atom stereocenters. The van der Waals surface area contributed by atoms with Gasteiger partial charge < -0.3 is 29.4 Å². The molecule has 43 heavy (non-hydrogen) atoms. The molecule has 1 aliphatic carbocycles. The van der Waals surface area contributed by atoms with E-state index >= 15 is 4.39 Å². The van der Waals surface area contributed by atoms with E-state index < -0.39 is 17.7 Å². The van der Waals surface area contributed by atoms with Gasteiger partial charge in [0.1, 0.15) is 5.82 Å². The molecule has 0 radical (unpaired) electrons. The molecule has 1 aromatic heterocycles. The second-order valence-electron chi connectivity index (χ2n) is 11.5. The third-order valence-corrected chi connectivity index (χ3v) is 8.99. The number of benzene rings is 2. The van der Waals surface area contributed by atoms with Crippen molar-refractivity contribution in [1.82, 2.24) is 9.47 Å². The lowest BCUT2D eigenvalue weighted by Gasteiger charge is -2.32. The molecule has 1 saturated heterocycles. The summed E-state index contributed by atoms with van der Waals surface area (Å²) in [6, 6.07) is 9.68. The zero-order valence-corrected chi connectivity index (χ0v) is 25.1. The first kappa shape index (κ1) is 31.0. The highest BCUT2D eigenvalue weighted by molar-refractivity contribution is 6.34. The van der Waals surface area contributed by atoms with Crippen molar-refractivity contribution in [2.24, 2.45) is 13.0 Å². The van der Waals surface area contributed by atoms with Crippen LogP contribution in [0.2, 0.25) is 5.02 Å². The normalized spacial score (nSPS) is 22.2. The van der Waals surface area contributed by atoms with Gasteiger partial charge in [-0.1, -0.05) is 29.8 Å². The summed E-state index contributed by atoms with van der Waals surface area (Å²) in [7, 11) is 3.43. The summed E-state index contributed by atoms with van der Waals surface area (Å²) in [4.78, 5) is 39.7. The Morgan fingerprint density at radius 1 is 1.05 bits per heavy atom. The first-order valence-electron chi connectivity index (χ1n) is 14.6. The number of carbonyl (C=O) groups is 3. The summed E-state index contributed by atoms with van der Waals surface area (Å²) in [5.41, 5.74) is 1.58. The molecule has 1 aliphatic heterocycles. The number of likely N-dealkylation sites (tertiary alicyclic amines) is 1. The Kier molecular flexibility index (Phi) is 9.68. The number of rotatable bonds is 10. The van der Waals surface area contributed by atoms with Crippen LogP contribution in [0.15, 0.2) is 42.6 Å². The quantitative estimate of drug-likeness (QED) is 0.315. The summed E-state index contributed by atoms with van der Waals surface area (Å²) < 4.78 is 28.7. The minimum atomic E-state index is -0.763. The average molecular weight is 614 g/mol. The number of hydrogen-bond acceptors (Lipinski definition) is 5. The number of nitrogens with one attached hydrogen (secondary N) is 1. The van der Waals surface area contributed by atoms with E-state index in [9.17, 15) is 19.5 Å². The van der Waals surface area contributed by atoms with E-state index in [0.29, 0.717) is 44.5 Å². The Balaban J connectivity index is 1.25. The Labute approximate surface area is 254 Å². The minimum Gasteiger partial charge on any atom is -0.481 e. The molecular formula is C32H37ClFN3O6. The van der Waals surface area contributed by atoms with Crippen LogP contribution in [-0.4, -0.2) is 70.9 Å². The van der Waals surface area contributed by atoms with Crippen LogP contribution in [0.1, 0.15) is 54.4 Å². The Hall–Kier alpha value is -3.47. The lowest BCUT2D eigenvalue weighted by atomic mass is 9.87. The number of aliphatic carboxylic acids is 1. The number of anilines is 1. The minimum absolute atomic E-state index is 0.0399. The van der Waals surface area contributed by atoms with Crippen molar-refractivity contribution in [2.45, 2.75) is 63.1 Å². The average Bonchev–Trinajstić information content (AvgIpc) is 3.55. The molecule has 2 heterocycles. The molecular weight excluding hydrogens is 577 g/mol. The number of hydrogen-bond donors (Lipinski definition) is 2. The molecule has 11 heteroatoms. The zero-order valence-electron chi connectivity index (χ0n) is 24.4. The van der Waals surface area contributed by atoms with E-state index in [2.05, 4.69) is 5.32 Å². The van der Waals surface area contributed by atoms with Crippen LogP contribution in [-0.2, 0) is 32.5 Å². The molecule has 2 fully saturated rings. The maximum Gasteiger partial charge on any atom is 0.306 e. The molecule has 0 spiro atoms. The molecule has 3 aromatic rings. The lowest BCUT2D eigenvalue weighted by molar-refractivity contribution is -0.144. The number of aromatic nitrogens is 1. The summed E-state index contributed by atoms with van der Waals surface area (Å²) in [5.74, 6) is -2.40. The maximum atomic E-state index is 15.3. The fraction of sp³-hybridized carbons (Fsp3) is 0.469. The molecule has 230 valence electrons. The Bertz CT molecular complexity index is 1500. The topological polar surface area (TPSA) is 110 Å². The van der Waals surface area contributed by atoms with Crippen molar-refractivity contribution in [3.05, 3.63) is 64.6 Å². The van der Waals surface area contributed by atoms with Gasteiger partial charge >= 0.3 is 5.97 Å². The lowest BCUT2D eigenvalue weighted by Crippen LogP contribution is -2.46. The van der Waals surface area contributed by atoms with Crippen LogP contribution in [0.5, 0.6) is 0 Å². The second-order valence-corrected chi connectivity index (χ2v) is 11.9. The standard InChI is InChI=1S/C32H37ClFN3O6/c1-36-16-25(24-5-3-4-6-29(24)36)31(39)35-28-15-27(34)20(13-26(28)33)14-30(38)37-21(17-42-2)9-10-22(37)18-43-23-11-7-19(8-12-23)32(40)41/h3-6,13,15-16,19,21-23H,7-12,14,17-18H2,1-2H3,(H,35,39)(H,40,41)/t19-,21-,22+,23-/m1/s1. The molecule has 5 rings (SSSR count). The van der Waals surface area contributed by atoms with Crippen molar-refractivity contribution in [2.75, 3.05) is 25.6 Å². The summed E-state index contributed by atoms with van der Waals surface area (Å²) in [6.45, 7) is 0.686. The van der Waals surface area contributed by atoms with Crippen molar-refractivity contribution < 1.29 is 33.4 Å². The number of amides is 2. The largest absolute Gasteiger partial charge is 0.481 e. The van der Waals surface area contributed by atoms with Crippen LogP contribution < -0.4 is 5.32 Å². The summed E-state index contributed by atoms with van der Waals surface area (Å²) in [5, 5.41) is 12.9. The molecule has 2 N–H and O–H groups in total. The number of ether oxygens (including phenoxy) is 2. The van der Waals surface area contributed by atoms with Gasteiger partial charge in [-0.2, -0.15) is 0 Å². The highest BCUT2D eigenvalue weighted by Crippen LogP contribution is 2.32. The molecule has 2 atom stereocenters. The number of fused-ring (bicyclic) bond motifs is 1. The van der Waals surface area contributed by atoms with E-state index in [1.807, 2.05) is 35.9 Å². The number of para-hydroxylation sites is 1. The third-order valence-electron chi connectivity index (χ3n) is 8.68. The molecule has 2 amide bonds. The first-order chi connectivity index (χ1) is 20.7. The number of halogens is 2. The van der Waals surface area contributed by atoms with E-state index in [0.717, 1.165) is 29.8 Å². The van der Waals surface area contributed by atoms with Crippen molar-refractivity contribution in [1.29, 1.82) is 0 Å². The van der Waals surface area contributed by atoms with Gasteiger partial charge in [0.25, 0.3) is 5.91 Å². The summed E-state index contributed by atoms with van der Waals surface area (Å²) in [6.07, 6.45) is 5.44. The van der Waals surface area contributed by atoms with Gasteiger partial charge in [-0.25, -0.2) is 4.39 Å². The number of methoxy groups -OCH3 is 1. The van der Waals surface area contributed by atoms with E-state index in [4.69, 9.17) is 21.1 Å². The zero-order chi connectivity index (χ0) is 30.7. The third kappa shape index (κ3) is 6.87. The van der Waals surface area contributed by atoms with Crippen LogP contribution in [0.4, 0.5) is 10.1 Å². The fourth-order valence-electron chi connectivity index (χ4n) is 6.40. The SMILES string of the molecule is COC[C@H]1CC[C@@H](CO[C@H]2CC[C@H](C(=O)O)CC2)N1C(=O)Cc1cc(Cl)c(NC(=O)c2cn(C)c3ccccc23)cc1F. The van der Waals surface area contributed by atoms with Crippen LogP contribution >= 0.6 is 11.6 Å². The Morgan fingerprint density at radius 3 is 2.44 bits per heavy atom. The molecule has 1 saturated carbocycles. The maximum absolute atomic E-state index is 15.3. The fourth-order valence-corrected chi connectivity index (χ4v) is 6.63. The molecule has 2 aromatic carbocycles. The highest BCUT2D eigenvalue weighted by Gasteiger charge is 2.38. The van der Waals surface area contributed by atoms with Gasteiger partial charge in [0.05, 0.1) is 60.0 Å². The van der Waals surface area contributed by atoms with E-state index in [1.54, 1.807) is 18.2 Å². The smallest absolute Gasteiger partial charge is 0.306 e. The molecule has 2 aliphatic rings. The predicted molar refractivity (Wildman–Crippen MR) is 161 cm³/mol. The van der Waals surface area contributed by atoms with Crippen LogP contribution in [0.25, 0.3) is 10.9 Å². The van der Waals surface area contributed by atoms with Crippen molar-refractivity contribution in [3.63, 3.8) is 0 Å². The number of nitrogens with zero attached hydrogens (tertiary/aromatic N) is 2. The van der Waals surface area contributed by atoms with Gasteiger partial charge in [-0.3, -0.25) is 14.4 Å².